The van der Waals surface area contributed by atoms with E-state index in [0.717, 1.165) is 63.2 Å². The minimum Gasteiger partial charge on any atom is -0.473 e. The summed E-state index contributed by atoms with van der Waals surface area (Å²) in [5, 5.41) is 11.8. The number of morpholine rings is 1. The Hall–Kier alpha value is -3.60. The van der Waals surface area contributed by atoms with Crippen LogP contribution in [0.4, 0.5) is 5.69 Å². The first-order valence-electron chi connectivity index (χ1n) is 12.0. The summed E-state index contributed by atoms with van der Waals surface area (Å²) in [5.74, 6) is -0.335. The number of aryl methyl sites for hydroxylation is 1. The normalized spacial score (nSPS) is 25.8. The lowest BCUT2D eigenvalue weighted by molar-refractivity contribution is -0.0849. The van der Waals surface area contributed by atoms with E-state index in [1.54, 1.807) is 24.0 Å². The van der Waals surface area contributed by atoms with Crippen LogP contribution in [0.3, 0.4) is 0 Å². The van der Waals surface area contributed by atoms with Crippen LogP contribution < -0.4 is 20.7 Å². The summed E-state index contributed by atoms with van der Waals surface area (Å²) in [6.07, 6.45) is 8.80. The van der Waals surface area contributed by atoms with E-state index in [9.17, 15) is 9.59 Å². The van der Waals surface area contributed by atoms with Crippen molar-refractivity contribution in [3.05, 3.63) is 41.9 Å². The number of carbonyl (C=O) groups excluding carboxylic acids is 2. The molecule has 4 heterocycles. The molecule has 1 spiro atoms. The molecule has 0 unspecified atom stereocenters. The van der Waals surface area contributed by atoms with E-state index in [2.05, 4.69) is 20.4 Å². The highest BCUT2D eigenvalue weighted by molar-refractivity contribution is 6.01. The number of pyridine rings is 1. The van der Waals surface area contributed by atoms with Gasteiger partial charge < -0.3 is 25.4 Å². The molecule has 3 aromatic rings. The Kier molecular flexibility index (Phi) is 5.17. The number of ether oxygens (including phenoxy) is 2. The monoisotopic (exact) mass is 479 g/mol. The molecule has 11 heteroatoms. The zero-order valence-electron chi connectivity index (χ0n) is 19.6. The summed E-state index contributed by atoms with van der Waals surface area (Å²) in [4.78, 5) is 26.8. The fraction of sp³-hybridized carbons (Fsp3) is 0.500. The van der Waals surface area contributed by atoms with E-state index < -0.39 is 5.91 Å². The third-order valence-electron chi connectivity index (χ3n) is 7.48. The van der Waals surface area contributed by atoms with Crippen molar-refractivity contribution >= 4 is 23.0 Å². The first kappa shape index (κ1) is 21.9. The summed E-state index contributed by atoms with van der Waals surface area (Å²) in [5.41, 5.74) is 8.37. The third-order valence-corrected chi connectivity index (χ3v) is 7.48. The van der Waals surface area contributed by atoms with Gasteiger partial charge in [0.15, 0.2) is 0 Å². The summed E-state index contributed by atoms with van der Waals surface area (Å²) in [6.45, 7) is 3.14. The molecular weight excluding hydrogens is 450 g/mol. The fourth-order valence-electron chi connectivity index (χ4n) is 5.71. The van der Waals surface area contributed by atoms with Gasteiger partial charge in [-0.25, -0.2) is 4.52 Å². The van der Waals surface area contributed by atoms with Crippen LogP contribution in [0.5, 0.6) is 5.88 Å². The number of fused-ring (bicyclic) bond motifs is 1. The van der Waals surface area contributed by atoms with Crippen molar-refractivity contribution in [2.45, 2.75) is 37.8 Å². The summed E-state index contributed by atoms with van der Waals surface area (Å²) >= 11 is 0. The number of nitrogens with two attached hydrogens (primary N) is 1. The van der Waals surface area contributed by atoms with Crippen molar-refractivity contribution < 1.29 is 19.1 Å². The van der Waals surface area contributed by atoms with E-state index in [1.165, 1.54) is 4.68 Å². The van der Waals surface area contributed by atoms with E-state index in [4.69, 9.17) is 15.2 Å². The summed E-state index contributed by atoms with van der Waals surface area (Å²) in [6, 6.07) is 4.14. The smallest absolute Gasteiger partial charge is 0.255 e. The molecule has 184 valence electrons. The SMILES string of the molecule is Cn1cc(C(N)=O)c(O[C@H]2CC3(C[C@H](NC(=O)c4cnn5cc(N6CCOCC6)ccc45)C3)C2)n1. The van der Waals surface area contributed by atoms with Gasteiger partial charge >= 0.3 is 0 Å². The molecule has 3 aliphatic rings. The summed E-state index contributed by atoms with van der Waals surface area (Å²) < 4.78 is 14.7. The Balaban J connectivity index is 1.03. The van der Waals surface area contributed by atoms with Crippen LogP contribution in [-0.4, -0.2) is 69.7 Å². The molecule has 2 amide bonds. The number of carbonyl (C=O) groups is 2. The van der Waals surface area contributed by atoms with E-state index in [1.807, 2.05) is 18.3 Å². The number of amides is 2. The van der Waals surface area contributed by atoms with E-state index in [-0.39, 0.29) is 23.5 Å². The number of nitrogens with one attached hydrogen (secondary N) is 1. The number of primary amides is 1. The van der Waals surface area contributed by atoms with Crippen LogP contribution >= 0.6 is 0 Å². The van der Waals surface area contributed by atoms with Crippen LogP contribution in [0.1, 0.15) is 46.4 Å². The standard InChI is InChI=1S/C24H29N7O4/c1-29-14-19(21(25)32)23(28-29)35-17-10-24(11-17)8-15(9-24)27-22(33)18-12-26-31-13-16(2-3-20(18)31)30-4-6-34-7-5-30/h2-3,12-15,17H,4-11H2,1H3,(H2,25,32)(H,27,33)/t15-,17-,24?. The van der Waals surface area contributed by atoms with Gasteiger partial charge in [0.05, 0.1) is 42.4 Å². The number of aromatic nitrogens is 4. The molecular formula is C24H29N7O4. The maximum absolute atomic E-state index is 13.0. The number of hydrogen-bond donors (Lipinski definition) is 2. The lowest BCUT2D eigenvalue weighted by atomic mass is 9.53. The number of rotatable bonds is 6. The largest absolute Gasteiger partial charge is 0.473 e. The van der Waals surface area contributed by atoms with Crippen LogP contribution in [0.15, 0.2) is 30.7 Å². The molecule has 2 saturated carbocycles. The minimum absolute atomic E-state index is 0.0138. The fourth-order valence-corrected chi connectivity index (χ4v) is 5.71. The second kappa shape index (κ2) is 8.26. The zero-order valence-corrected chi connectivity index (χ0v) is 19.6. The Labute approximate surface area is 202 Å². The molecule has 1 saturated heterocycles. The second-order valence-corrected chi connectivity index (χ2v) is 9.99. The number of anilines is 1. The predicted octanol–water partition coefficient (Wildman–Crippen LogP) is 1.12. The average Bonchev–Trinajstić information content (AvgIpc) is 3.39. The maximum Gasteiger partial charge on any atom is 0.255 e. The third kappa shape index (κ3) is 3.99. The highest BCUT2D eigenvalue weighted by Crippen LogP contribution is 2.56. The topological polar surface area (TPSA) is 129 Å². The van der Waals surface area contributed by atoms with Crippen molar-refractivity contribution in [3.8, 4) is 5.88 Å². The number of hydrogen-bond acceptors (Lipinski definition) is 7. The van der Waals surface area contributed by atoms with Gasteiger partial charge in [-0.15, -0.1) is 5.10 Å². The molecule has 0 aromatic carbocycles. The van der Waals surface area contributed by atoms with Crippen LogP contribution in [-0.2, 0) is 11.8 Å². The lowest BCUT2D eigenvalue weighted by Crippen LogP contribution is -2.58. The van der Waals surface area contributed by atoms with Crippen molar-refractivity contribution in [2.75, 3.05) is 31.2 Å². The molecule has 2 aliphatic carbocycles. The van der Waals surface area contributed by atoms with Gasteiger partial charge in [0.1, 0.15) is 11.7 Å². The Morgan fingerprint density at radius 1 is 1.14 bits per heavy atom. The van der Waals surface area contributed by atoms with Gasteiger partial charge in [-0.1, -0.05) is 0 Å². The molecule has 0 atom stereocenters. The highest BCUT2D eigenvalue weighted by atomic mass is 16.5. The molecule has 0 bridgehead atoms. The molecule has 11 nitrogen and oxygen atoms in total. The van der Waals surface area contributed by atoms with Crippen LogP contribution in [0.25, 0.3) is 5.52 Å². The molecule has 3 N–H and O–H groups in total. The molecule has 0 radical (unpaired) electrons. The zero-order chi connectivity index (χ0) is 24.2. The number of nitrogens with zero attached hydrogens (tertiary/aromatic N) is 5. The van der Waals surface area contributed by atoms with E-state index in [0.29, 0.717) is 17.0 Å². The highest BCUT2D eigenvalue weighted by Gasteiger charge is 2.54. The lowest BCUT2D eigenvalue weighted by Gasteiger charge is -2.57. The second-order valence-electron chi connectivity index (χ2n) is 9.99. The van der Waals surface area contributed by atoms with Crippen molar-refractivity contribution in [1.82, 2.24) is 24.7 Å². The van der Waals surface area contributed by atoms with Gasteiger partial charge in [-0.3, -0.25) is 14.3 Å². The van der Waals surface area contributed by atoms with Gasteiger partial charge in [0.2, 0.25) is 5.88 Å². The van der Waals surface area contributed by atoms with Crippen LogP contribution in [0.2, 0.25) is 0 Å². The van der Waals surface area contributed by atoms with Crippen LogP contribution in [0, 0.1) is 5.41 Å². The molecule has 1 aliphatic heterocycles. The maximum atomic E-state index is 13.0. The molecule has 6 rings (SSSR count). The summed E-state index contributed by atoms with van der Waals surface area (Å²) in [7, 11) is 1.73. The molecule has 35 heavy (non-hydrogen) atoms. The quantitative estimate of drug-likeness (QED) is 0.542. The predicted molar refractivity (Wildman–Crippen MR) is 127 cm³/mol. The first-order valence-corrected chi connectivity index (χ1v) is 12.0. The van der Waals surface area contributed by atoms with Crippen molar-refractivity contribution in [3.63, 3.8) is 0 Å². The Bertz CT molecular complexity index is 1280. The molecule has 3 fully saturated rings. The first-order chi connectivity index (χ1) is 16.9. The van der Waals surface area contributed by atoms with Crippen molar-refractivity contribution in [1.29, 1.82) is 0 Å². The van der Waals surface area contributed by atoms with Gasteiger partial charge in [0.25, 0.3) is 11.8 Å². The van der Waals surface area contributed by atoms with Crippen molar-refractivity contribution in [2.24, 2.45) is 18.2 Å². The van der Waals surface area contributed by atoms with Gasteiger partial charge in [0, 0.05) is 32.4 Å². The Morgan fingerprint density at radius 2 is 1.91 bits per heavy atom. The van der Waals surface area contributed by atoms with E-state index >= 15 is 0 Å². The Morgan fingerprint density at radius 3 is 2.66 bits per heavy atom. The average molecular weight is 480 g/mol. The minimum atomic E-state index is -0.543. The molecule has 3 aromatic heterocycles. The van der Waals surface area contributed by atoms with Gasteiger partial charge in [-0.2, -0.15) is 5.10 Å². The van der Waals surface area contributed by atoms with Gasteiger partial charge in [-0.05, 0) is 43.2 Å².